The zero-order valence-electron chi connectivity index (χ0n) is 15.9. The fraction of sp³-hybridized carbons (Fsp3) is 0.579. The van der Waals surface area contributed by atoms with Crippen LogP contribution >= 0.6 is 34.8 Å². The number of para-hydroxylation sites is 1. The molecule has 1 aromatic carbocycles. The fourth-order valence-corrected chi connectivity index (χ4v) is 5.23. The molecule has 0 spiro atoms. The zero-order valence-corrected chi connectivity index (χ0v) is 18.2. The van der Waals surface area contributed by atoms with E-state index in [1.165, 1.54) is 9.80 Å². The van der Waals surface area contributed by atoms with Crippen molar-refractivity contribution in [1.29, 1.82) is 0 Å². The van der Waals surface area contributed by atoms with Crippen molar-refractivity contribution in [1.82, 2.24) is 4.90 Å². The minimum absolute atomic E-state index is 0.0881. The number of likely N-dealkylation sites (tertiary alicyclic amines) is 1. The van der Waals surface area contributed by atoms with Crippen LogP contribution in [0.15, 0.2) is 24.3 Å². The third-order valence-electron chi connectivity index (χ3n) is 4.80. The van der Waals surface area contributed by atoms with E-state index in [9.17, 15) is 9.59 Å². The Kier molecular flexibility index (Phi) is 4.90. The minimum Gasteiger partial charge on any atom is -0.443 e. The highest BCUT2D eigenvalue weighted by atomic mass is 35.5. The van der Waals surface area contributed by atoms with Gasteiger partial charge in [0.05, 0.1) is 18.2 Å². The van der Waals surface area contributed by atoms with E-state index < -0.39 is 32.9 Å². The van der Waals surface area contributed by atoms with Gasteiger partial charge in [0.25, 0.3) is 5.91 Å². The quantitative estimate of drug-likeness (QED) is 0.468. The zero-order chi connectivity index (χ0) is 20.4. The standard InChI is InChI=1S/C19H23Cl3N2O3/c1-11(2)23-10-18(20)14(19(21,22)15(23)25)12-8-6-7-9-13(12)24(18)16(26)27-17(3,4)5/h6-9,11,14H,10H2,1-5H3. The molecule has 2 unspecified atom stereocenters. The number of halogens is 3. The third-order valence-corrected chi connectivity index (χ3v) is 6.07. The van der Waals surface area contributed by atoms with Crippen LogP contribution in [0.4, 0.5) is 10.5 Å². The first-order valence-electron chi connectivity index (χ1n) is 8.80. The molecule has 2 heterocycles. The molecule has 5 nitrogen and oxygen atoms in total. The van der Waals surface area contributed by atoms with Crippen LogP contribution in [-0.2, 0) is 9.53 Å². The van der Waals surface area contributed by atoms with Crippen molar-refractivity contribution in [3.63, 3.8) is 0 Å². The van der Waals surface area contributed by atoms with Crippen molar-refractivity contribution >= 4 is 52.5 Å². The van der Waals surface area contributed by atoms with Crippen LogP contribution in [0.5, 0.6) is 0 Å². The maximum absolute atomic E-state index is 13.1. The summed E-state index contributed by atoms with van der Waals surface area (Å²) in [5.41, 5.74) is 0.495. The van der Waals surface area contributed by atoms with E-state index in [-0.39, 0.29) is 12.6 Å². The van der Waals surface area contributed by atoms with Crippen molar-refractivity contribution in [3.8, 4) is 0 Å². The second-order valence-electron chi connectivity index (χ2n) is 8.28. The molecule has 1 fully saturated rings. The van der Waals surface area contributed by atoms with Crippen LogP contribution in [0.3, 0.4) is 0 Å². The number of anilines is 1. The largest absolute Gasteiger partial charge is 0.443 e. The van der Waals surface area contributed by atoms with Gasteiger partial charge in [0.2, 0.25) is 4.33 Å². The van der Waals surface area contributed by atoms with Crippen molar-refractivity contribution < 1.29 is 14.3 Å². The minimum atomic E-state index is -1.81. The molecule has 0 N–H and O–H groups in total. The molecule has 1 saturated heterocycles. The lowest BCUT2D eigenvalue weighted by molar-refractivity contribution is -0.137. The number of amides is 2. The van der Waals surface area contributed by atoms with Gasteiger partial charge in [0.15, 0.2) is 5.00 Å². The average Bonchev–Trinajstić information content (AvgIpc) is 2.78. The number of hydrogen-bond donors (Lipinski definition) is 0. The van der Waals surface area contributed by atoms with Gasteiger partial charge in [-0.2, -0.15) is 0 Å². The second-order valence-corrected chi connectivity index (χ2v) is 10.3. The lowest BCUT2D eigenvalue weighted by Gasteiger charge is -2.50. The van der Waals surface area contributed by atoms with Crippen LogP contribution in [0.25, 0.3) is 0 Å². The van der Waals surface area contributed by atoms with Gasteiger partial charge in [-0.05, 0) is 46.2 Å². The first-order chi connectivity index (χ1) is 12.3. The van der Waals surface area contributed by atoms with Crippen LogP contribution in [0.2, 0.25) is 0 Å². The molecule has 0 aromatic heterocycles. The first-order valence-corrected chi connectivity index (χ1v) is 9.94. The van der Waals surface area contributed by atoms with Gasteiger partial charge in [-0.1, -0.05) is 53.0 Å². The molecular weight excluding hydrogens is 411 g/mol. The molecule has 2 aliphatic rings. The molecule has 3 rings (SSSR count). The van der Waals surface area contributed by atoms with E-state index in [1.807, 2.05) is 13.8 Å². The number of fused-ring (bicyclic) bond motifs is 3. The van der Waals surface area contributed by atoms with E-state index >= 15 is 0 Å². The number of alkyl halides is 3. The van der Waals surface area contributed by atoms with Crippen LogP contribution < -0.4 is 4.90 Å². The number of carbonyl (C=O) groups is 2. The molecule has 0 bridgehead atoms. The Hall–Kier alpha value is -1.17. The monoisotopic (exact) mass is 432 g/mol. The van der Waals surface area contributed by atoms with Gasteiger partial charge in [-0.25, -0.2) is 4.79 Å². The molecule has 0 radical (unpaired) electrons. The summed E-state index contributed by atoms with van der Waals surface area (Å²) in [5, 5.41) is 0. The Balaban J connectivity index is 2.18. The van der Waals surface area contributed by atoms with Crippen molar-refractivity contribution in [2.24, 2.45) is 0 Å². The lowest BCUT2D eigenvalue weighted by Crippen LogP contribution is -2.67. The Morgan fingerprint density at radius 2 is 1.81 bits per heavy atom. The molecule has 8 heteroatoms. The molecule has 0 saturated carbocycles. The number of rotatable bonds is 1. The van der Waals surface area contributed by atoms with Crippen LogP contribution in [0, 0.1) is 0 Å². The van der Waals surface area contributed by atoms with Crippen molar-refractivity contribution in [3.05, 3.63) is 29.8 Å². The molecule has 27 heavy (non-hydrogen) atoms. The molecule has 148 valence electrons. The van der Waals surface area contributed by atoms with E-state index in [0.717, 1.165) is 0 Å². The Bertz CT molecular complexity index is 791. The van der Waals surface area contributed by atoms with E-state index in [0.29, 0.717) is 11.3 Å². The van der Waals surface area contributed by atoms with Crippen molar-refractivity contribution in [2.75, 3.05) is 11.4 Å². The number of piperidine rings is 1. The number of carbonyl (C=O) groups excluding carboxylic acids is 2. The van der Waals surface area contributed by atoms with Crippen LogP contribution in [-0.4, -0.2) is 44.4 Å². The van der Waals surface area contributed by atoms with Gasteiger partial charge >= 0.3 is 6.09 Å². The summed E-state index contributed by atoms with van der Waals surface area (Å²) in [6, 6.07) is 6.96. The average molecular weight is 434 g/mol. The Morgan fingerprint density at radius 3 is 2.37 bits per heavy atom. The summed E-state index contributed by atoms with van der Waals surface area (Å²) >= 11 is 20.3. The second kappa shape index (κ2) is 6.43. The smallest absolute Gasteiger partial charge is 0.416 e. The number of benzene rings is 1. The number of nitrogens with zero attached hydrogens (tertiary/aromatic N) is 2. The molecule has 1 aromatic rings. The van der Waals surface area contributed by atoms with Gasteiger partial charge < -0.3 is 9.64 Å². The topological polar surface area (TPSA) is 49.9 Å². The Labute approximate surface area is 174 Å². The Morgan fingerprint density at radius 1 is 1.22 bits per heavy atom. The van der Waals surface area contributed by atoms with Gasteiger partial charge in [-0.3, -0.25) is 9.69 Å². The SMILES string of the molecule is CC(C)N1CC2(Cl)C(c3ccccc3N2C(=O)OC(C)(C)C)C(Cl)(Cl)C1=O. The number of ether oxygens (including phenoxy) is 1. The first kappa shape index (κ1) is 20.6. The molecule has 2 aliphatic heterocycles. The van der Waals surface area contributed by atoms with Crippen molar-refractivity contribution in [2.45, 2.75) is 61.5 Å². The number of hydrogen-bond acceptors (Lipinski definition) is 3. The summed E-state index contributed by atoms with van der Waals surface area (Å²) < 4.78 is 3.79. The predicted octanol–water partition coefficient (Wildman–Crippen LogP) is 4.88. The lowest BCUT2D eigenvalue weighted by atomic mass is 9.85. The highest BCUT2D eigenvalue weighted by Gasteiger charge is 2.68. The molecule has 2 atom stereocenters. The van der Waals surface area contributed by atoms with E-state index in [1.54, 1.807) is 45.0 Å². The van der Waals surface area contributed by atoms with Crippen LogP contribution in [0.1, 0.15) is 46.1 Å². The summed E-state index contributed by atoms with van der Waals surface area (Å²) in [5.74, 6) is -1.20. The maximum atomic E-state index is 13.1. The molecule has 2 amide bonds. The van der Waals surface area contributed by atoms with Gasteiger partial charge in [0, 0.05) is 6.04 Å². The summed E-state index contributed by atoms with van der Waals surface area (Å²) in [6.07, 6.45) is -0.602. The molecular formula is C19H23Cl3N2O3. The van der Waals surface area contributed by atoms with E-state index in [2.05, 4.69) is 0 Å². The highest BCUT2D eigenvalue weighted by Crippen LogP contribution is 2.61. The molecule has 0 aliphatic carbocycles. The van der Waals surface area contributed by atoms with Gasteiger partial charge in [0.1, 0.15) is 5.60 Å². The predicted molar refractivity (Wildman–Crippen MR) is 108 cm³/mol. The van der Waals surface area contributed by atoms with Gasteiger partial charge in [-0.15, -0.1) is 0 Å². The normalized spacial score (nSPS) is 26.9. The fourth-order valence-electron chi connectivity index (χ4n) is 3.74. The summed E-state index contributed by atoms with van der Waals surface area (Å²) in [6.45, 7) is 9.13. The highest BCUT2D eigenvalue weighted by molar-refractivity contribution is 6.59. The van der Waals surface area contributed by atoms with E-state index in [4.69, 9.17) is 39.5 Å². The summed E-state index contributed by atoms with van der Waals surface area (Å²) in [4.78, 5) is 27.6. The maximum Gasteiger partial charge on any atom is 0.416 e. The third kappa shape index (κ3) is 3.18. The summed E-state index contributed by atoms with van der Waals surface area (Å²) in [7, 11) is 0.